The van der Waals surface area contributed by atoms with Gasteiger partial charge in [0.2, 0.25) is 12.6 Å². The van der Waals surface area contributed by atoms with Crippen LogP contribution in [0, 0.1) is 27.9 Å². The number of rotatable bonds is 18. The Morgan fingerprint density at radius 3 is 2.49 bits per heavy atom. The molecule has 0 saturated heterocycles. The number of carbonyl (C=O) groups is 1. The van der Waals surface area contributed by atoms with Crippen molar-refractivity contribution in [3.8, 4) is 28.7 Å². The summed E-state index contributed by atoms with van der Waals surface area (Å²) in [5.74, 6) is -0.811. The fourth-order valence-corrected chi connectivity index (χ4v) is 9.13. The number of nitro groups is 1. The first-order chi connectivity index (χ1) is 28.7. The third kappa shape index (κ3) is 8.59. The summed E-state index contributed by atoms with van der Waals surface area (Å²) in [7, 11) is 0. The highest BCUT2D eigenvalue weighted by Crippen LogP contribution is 2.62. The minimum atomic E-state index is -1.59. The Morgan fingerprint density at radius 1 is 1.02 bits per heavy atom. The highest BCUT2D eigenvalue weighted by Gasteiger charge is 2.65. The van der Waals surface area contributed by atoms with Crippen molar-refractivity contribution in [3.63, 3.8) is 0 Å². The van der Waals surface area contributed by atoms with Crippen LogP contribution >= 0.6 is 0 Å². The molecule has 314 valence electrons. The monoisotopic (exact) mass is 813 g/mol. The van der Waals surface area contributed by atoms with Gasteiger partial charge < -0.3 is 43.8 Å². The standard InChI is InChI=1S/C44H51N3O12/c1-3-21-56-44-40(46(26-28-11-17-38-39(22-28)55-27-54-38)43(51)58-32-15-12-30(13-16-32)47(52)53)25-36(45-57-4-2)34-23-29(9-5-7-19-48)33(10-6-8-20-49)41(42(34)44)35-24-31(50)14-18-37(35)59-44/h3,11-18,22-24,29,33,40-42,48-50H,1,4-10,19-21,25-27H2,2H3/t29-,33+,40-,41+,42+,44+/m0/s1. The van der Waals surface area contributed by atoms with Crippen LogP contribution in [0.3, 0.4) is 0 Å². The summed E-state index contributed by atoms with van der Waals surface area (Å²) < 4.78 is 31.4. The number of nitrogens with zero attached hydrogens (tertiary/aromatic N) is 3. The normalized spacial score (nSPS) is 24.3. The average molecular weight is 814 g/mol. The van der Waals surface area contributed by atoms with Crippen molar-refractivity contribution in [2.75, 3.05) is 33.2 Å². The molecular weight excluding hydrogens is 762 g/mol. The van der Waals surface area contributed by atoms with E-state index in [1.165, 1.54) is 29.2 Å². The number of carbonyl (C=O) groups excluding carboxylic acids is 1. The van der Waals surface area contributed by atoms with E-state index in [1.54, 1.807) is 36.4 Å². The van der Waals surface area contributed by atoms with Crippen molar-refractivity contribution < 1.29 is 53.6 Å². The Morgan fingerprint density at radius 2 is 1.76 bits per heavy atom. The number of phenolic OH excluding ortho intramolecular Hbond substituents is 1. The number of nitro benzene ring substituents is 1. The topological polar surface area (TPSA) is 192 Å². The first-order valence-electron chi connectivity index (χ1n) is 20.2. The van der Waals surface area contributed by atoms with Gasteiger partial charge in [-0.05, 0) is 98.0 Å². The van der Waals surface area contributed by atoms with Crippen molar-refractivity contribution in [2.45, 2.75) is 76.2 Å². The van der Waals surface area contributed by atoms with Crippen molar-refractivity contribution in [1.29, 1.82) is 0 Å². The molecular formula is C44H51N3O12. The van der Waals surface area contributed by atoms with Crippen LogP contribution in [0.1, 0.15) is 68.9 Å². The summed E-state index contributed by atoms with van der Waals surface area (Å²) in [6.45, 7) is 6.30. The zero-order chi connectivity index (χ0) is 41.5. The van der Waals surface area contributed by atoms with E-state index >= 15 is 0 Å². The number of allylic oxidation sites excluding steroid dienone is 1. The molecule has 2 heterocycles. The molecule has 1 amide bonds. The molecule has 3 N–H and O–H groups in total. The van der Waals surface area contributed by atoms with Gasteiger partial charge in [-0.15, -0.1) is 6.58 Å². The van der Waals surface area contributed by atoms with Crippen LogP contribution in [0.2, 0.25) is 0 Å². The molecule has 0 aromatic heterocycles. The van der Waals surface area contributed by atoms with E-state index in [9.17, 15) is 30.2 Å². The Hall–Kier alpha value is -5.64. The average Bonchev–Trinajstić information content (AvgIpc) is 3.71. The molecule has 0 radical (unpaired) electrons. The lowest BCUT2D eigenvalue weighted by Crippen LogP contribution is -2.70. The number of aliphatic hydroxyl groups excluding tert-OH is 2. The maximum atomic E-state index is 14.9. The quantitative estimate of drug-likeness (QED) is 0.0500. The molecule has 15 heteroatoms. The summed E-state index contributed by atoms with van der Waals surface area (Å²) in [5.41, 5.74) is 2.75. The molecule has 0 spiro atoms. The molecule has 2 aliphatic carbocycles. The van der Waals surface area contributed by atoms with Crippen molar-refractivity contribution >= 4 is 17.5 Å². The molecule has 7 rings (SSSR count). The Balaban J connectivity index is 1.43. The van der Waals surface area contributed by atoms with Gasteiger partial charge in [-0.3, -0.25) is 15.0 Å². The van der Waals surface area contributed by atoms with Crippen LogP contribution in [0.4, 0.5) is 10.5 Å². The van der Waals surface area contributed by atoms with E-state index in [4.69, 9.17) is 33.7 Å². The Bertz CT molecular complexity index is 2050. The number of fused-ring (bicyclic) bond motifs is 3. The van der Waals surface area contributed by atoms with E-state index in [2.05, 4.69) is 12.7 Å². The van der Waals surface area contributed by atoms with Crippen LogP contribution in [0.15, 0.2) is 90.1 Å². The van der Waals surface area contributed by atoms with Gasteiger partial charge >= 0.3 is 6.09 Å². The van der Waals surface area contributed by atoms with Crippen LogP contribution < -0.4 is 18.9 Å². The number of hydrogen-bond acceptors (Lipinski definition) is 13. The van der Waals surface area contributed by atoms with Crippen molar-refractivity contribution in [2.24, 2.45) is 22.9 Å². The molecule has 1 saturated carbocycles. The highest BCUT2D eigenvalue weighted by molar-refractivity contribution is 6.03. The summed E-state index contributed by atoms with van der Waals surface area (Å²) in [6.07, 6.45) is 7.45. The summed E-state index contributed by atoms with van der Waals surface area (Å²) in [6, 6.07) is 14.8. The van der Waals surface area contributed by atoms with Crippen LogP contribution in [0.25, 0.3) is 0 Å². The fraction of sp³-hybridized carbons (Fsp3) is 0.455. The van der Waals surface area contributed by atoms with Crippen molar-refractivity contribution in [3.05, 3.63) is 106 Å². The number of phenols is 1. The largest absolute Gasteiger partial charge is 0.508 e. The maximum absolute atomic E-state index is 14.9. The zero-order valence-electron chi connectivity index (χ0n) is 33.1. The van der Waals surface area contributed by atoms with Gasteiger partial charge in [0.1, 0.15) is 29.9 Å². The number of hydrogen-bond donors (Lipinski definition) is 3. The smallest absolute Gasteiger partial charge is 0.416 e. The molecule has 1 fully saturated rings. The molecule has 0 unspecified atom stereocenters. The lowest BCUT2D eigenvalue weighted by molar-refractivity contribution is -0.384. The number of ether oxygens (including phenoxy) is 5. The minimum Gasteiger partial charge on any atom is -0.508 e. The molecule has 3 aromatic rings. The number of amides is 1. The second kappa shape index (κ2) is 18.5. The minimum absolute atomic E-state index is 0.0137. The highest BCUT2D eigenvalue weighted by atomic mass is 16.7. The molecule has 2 aliphatic heterocycles. The number of non-ortho nitro benzene ring substituents is 1. The van der Waals surface area contributed by atoms with Gasteiger partial charge in [-0.2, -0.15) is 0 Å². The number of aliphatic hydroxyl groups is 2. The van der Waals surface area contributed by atoms with Gasteiger partial charge in [0.15, 0.2) is 11.5 Å². The Labute approximate surface area is 342 Å². The first-order valence-corrected chi connectivity index (χ1v) is 20.2. The second-order valence-electron chi connectivity index (χ2n) is 15.1. The van der Waals surface area contributed by atoms with Crippen LogP contribution in [-0.2, 0) is 16.1 Å². The summed E-state index contributed by atoms with van der Waals surface area (Å²) >= 11 is 0. The molecule has 6 atom stereocenters. The molecule has 59 heavy (non-hydrogen) atoms. The zero-order valence-corrected chi connectivity index (χ0v) is 33.1. The summed E-state index contributed by atoms with van der Waals surface area (Å²) in [4.78, 5) is 33.1. The van der Waals surface area contributed by atoms with Crippen molar-refractivity contribution in [1.82, 2.24) is 4.90 Å². The van der Waals surface area contributed by atoms with Gasteiger partial charge in [-0.1, -0.05) is 36.2 Å². The lowest BCUT2D eigenvalue weighted by Gasteiger charge is -2.59. The predicted octanol–water partition coefficient (Wildman–Crippen LogP) is 7.38. The number of oxime groups is 1. The summed E-state index contributed by atoms with van der Waals surface area (Å²) in [5, 5.41) is 46.7. The van der Waals surface area contributed by atoms with Gasteiger partial charge in [-0.25, -0.2) is 4.79 Å². The van der Waals surface area contributed by atoms with E-state index in [-0.39, 0.29) is 81.1 Å². The molecule has 4 aliphatic rings. The molecule has 0 bridgehead atoms. The van der Waals surface area contributed by atoms with Gasteiger partial charge in [0.05, 0.1) is 23.2 Å². The van der Waals surface area contributed by atoms with Crippen LogP contribution in [-0.4, -0.2) is 82.0 Å². The molecule has 3 aromatic carbocycles. The lowest BCUT2D eigenvalue weighted by atomic mass is 9.55. The third-order valence-electron chi connectivity index (χ3n) is 11.6. The fourth-order valence-electron chi connectivity index (χ4n) is 9.13. The number of aromatic hydroxyl groups is 1. The molecule has 15 nitrogen and oxygen atoms in total. The van der Waals surface area contributed by atoms with E-state index in [0.717, 1.165) is 36.8 Å². The Kier molecular flexibility index (Phi) is 13.0. The van der Waals surface area contributed by atoms with E-state index < -0.39 is 28.8 Å². The third-order valence-corrected chi connectivity index (χ3v) is 11.6. The number of benzene rings is 3. The maximum Gasteiger partial charge on any atom is 0.416 e. The van der Waals surface area contributed by atoms with E-state index in [1.807, 2.05) is 13.0 Å². The first kappa shape index (κ1) is 41.5. The predicted molar refractivity (Wildman–Crippen MR) is 215 cm³/mol. The number of unbranched alkanes of at least 4 members (excludes halogenated alkanes) is 2. The van der Waals surface area contributed by atoms with Gasteiger partial charge in [0.25, 0.3) is 5.69 Å². The second-order valence-corrected chi connectivity index (χ2v) is 15.1. The van der Waals surface area contributed by atoms with Crippen LogP contribution in [0.5, 0.6) is 28.7 Å². The SMILES string of the molecule is C=CCO[C@@]12Oc3ccc(O)cc3[C@H]3[C@H](CCCCO)[C@@H](CCCCO)C=C(C(=NOCC)C[C@@H]1N(Cc1ccc4c(c1)OCO4)C(=O)Oc1ccc([N+](=O)[O-])cc1)[C@H]32. The van der Waals surface area contributed by atoms with E-state index in [0.29, 0.717) is 41.4 Å². The van der Waals surface area contributed by atoms with Gasteiger partial charge in [0, 0.05) is 49.8 Å².